The van der Waals surface area contributed by atoms with Crippen LogP contribution in [-0.4, -0.2) is 15.5 Å². The number of carbonyl (C=O) groups excluding carboxylic acids is 1. The Morgan fingerprint density at radius 2 is 1.87 bits per heavy atom. The highest BCUT2D eigenvalue weighted by molar-refractivity contribution is 6.31. The fraction of sp³-hybridized carbons (Fsp3) is 0.118. The van der Waals surface area contributed by atoms with Crippen molar-refractivity contribution in [2.24, 2.45) is 0 Å². The summed E-state index contributed by atoms with van der Waals surface area (Å²) in [5.41, 5.74) is 1.61. The van der Waals surface area contributed by atoms with Gasteiger partial charge in [0.1, 0.15) is 13.2 Å². The Balaban J connectivity index is 1.77. The number of halogens is 1. The van der Waals surface area contributed by atoms with Crippen LogP contribution in [0.2, 0.25) is 5.02 Å². The number of carbonyl (C=O) groups is 1. The largest absolute Gasteiger partial charge is 0.459 e. The van der Waals surface area contributed by atoms with Crippen LogP contribution in [0.4, 0.5) is 0 Å². The molecule has 0 amide bonds. The van der Waals surface area contributed by atoms with Gasteiger partial charge in [-0.1, -0.05) is 41.9 Å². The lowest BCUT2D eigenvalue weighted by molar-refractivity contribution is -0.145. The van der Waals surface area contributed by atoms with Gasteiger partial charge in [-0.05, 0) is 18.2 Å². The molecule has 0 saturated heterocycles. The molecule has 0 atom stereocenters. The summed E-state index contributed by atoms with van der Waals surface area (Å²) >= 11 is 6.02. The van der Waals surface area contributed by atoms with Crippen molar-refractivity contribution in [3.05, 3.63) is 75.7 Å². The average molecular weight is 329 g/mol. The molecule has 0 N–H and O–H groups in total. The van der Waals surface area contributed by atoms with Crippen LogP contribution < -0.4 is 5.56 Å². The summed E-state index contributed by atoms with van der Waals surface area (Å²) in [6, 6.07) is 14.3. The number of aromatic nitrogens is 2. The van der Waals surface area contributed by atoms with Gasteiger partial charge in [-0.25, -0.2) is 4.98 Å². The van der Waals surface area contributed by atoms with Gasteiger partial charge in [-0.2, -0.15) is 0 Å². The number of para-hydroxylation sites is 2. The van der Waals surface area contributed by atoms with Gasteiger partial charge in [0.05, 0.1) is 17.2 Å². The maximum Gasteiger partial charge on any atom is 0.326 e. The minimum absolute atomic E-state index is 0.0657. The van der Waals surface area contributed by atoms with Gasteiger partial charge in [0.25, 0.3) is 5.56 Å². The third kappa shape index (κ3) is 3.40. The summed E-state index contributed by atoms with van der Waals surface area (Å²) in [5, 5.41) is 0.534. The van der Waals surface area contributed by atoms with E-state index in [4.69, 9.17) is 16.3 Å². The zero-order chi connectivity index (χ0) is 16.2. The molecule has 3 aromatic rings. The topological polar surface area (TPSA) is 61.2 Å². The number of hydrogen-bond donors (Lipinski definition) is 0. The predicted molar refractivity (Wildman–Crippen MR) is 87.3 cm³/mol. The molecule has 116 valence electrons. The second-order valence-corrected chi connectivity index (χ2v) is 5.33. The molecule has 3 rings (SSSR count). The summed E-state index contributed by atoms with van der Waals surface area (Å²) in [6.45, 7) is -0.109. The third-order valence-electron chi connectivity index (χ3n) is 3.39. The van der Waals surface area contributed by atoms with Crippen molar-refractivity contribution in [3.63, 3.8) is 0 Å². The monoisotopic (exact) mass is 328 g/mol. The Bertz CT molecular complexity index is 921. The first-order valence-corrected chi connectivity index (χ1v) is 7.36. The number of rotatable bonds is 4. The number of nitrogens with zero attached hydrogens (tertiary/aromatic N) is 2. The number of ether oxygens (including phenoxy) is 1. The first-order valence-electron chi connectivity index (χ1n) is 6.99. The van der Waals surface area contributed by atoms with E-state index < -0.39 is 5.97 Å². The second-order valence-electron chi connectivity index (χ2n) is 4.92. The van der Waals surface area contributed by atoms with Gasteiger partial charge >= 0.3 is 5.97 Å². The maximum absolute atomic E-state index is 12.0. The molecule has 0 fully saturated rings. The van der Waals surface area contributed by atoms with Gasteiger partial charge in [-0.3, -0.25) is 14.2 Å². The molecule has 0 spiro atoms. The molecule has 1 aromatic heterocycles. The lowest BCUT2D eigenvalue weighted by Gasteiger charge is -2.10. The lowest BCUT2D eigenvalue weighted by Crippen LogP contribution is -2.25. The van der Waals surface area contributed by atoms with Crippen molar-refractivity contribution in [3.8, 4) is 0 Å². The number of hydrogen-bond acceptors (Lipinski definition) is 4. The number of benzene rings is 2. The smallest absolute Gasteiger partial charge is 0.326 e. The highest BCUT2D eigenvalue weighted by Gasteiger charge is 2.10. The normalized spacial score (nSPS) is 10.7. The van der Waals surface area contributed by atoms with Gasteiger partial charge < -0.3 is 4.74 Å². The zero-order valence-electron chi connectivity index (χ0n) is 12.1. The van der Waals surface area contributed by atoms with E-state index >= 15 is 0 Å². The Kier molecular flexibility index (Phi) is 4.39. The molecular formula is C17H13ClN2O3. The quantitative estimate of drug-likeness (QED) is 0.691. The molecule has 0 radical (unpaired) electrons. The Hall–Kier alpha value is -2.66. The van der Waals surface area contributed by atoms with Crippen LogP contribution in [0.3, 0.4) is 0 Å². The van der Waals surface area contributed by atoms with Gasteiger partial charge in [-0.15, -0.1) is 0 Å². The fourth-order valence-corrected chi connectivity index (χ4v) is 2.42. The average Bonchev–Trinajstić information content (AvgIpc) is 2.57. The molecule has 1 heterocycles. The van der Waals surface area contributed by atoms with Crippen LogP contribution in [0.15, 0.2) is 59.5 Å². The molecule has 0 aliphatic heterocycles. The molecule has 5 nitrogen and oxygen atoms in total. The zero-order valence-corrected chi connectivity index (χ0v) is 12.9. The predicted octanol–water partition coefficient (Wildman–Crippen LogP) is 2.79. The van der Waals surface area contributed by atoms with Crippen molar-refractivity contribution in [1.82, 2.24) is 9.55 Å². The Morgan fingerprint density at radius 3 is 2.70 bits per heavy atom. The van der Waals surface area contributed by atoms with Crippen LogP contribution >= 0.6 is 11.6 Å². The van der Waals surface area contributed by atoms with E-state index in [1.807, 2.05) is 12.1 Å². The van der Waals surface area contributed by atoms with E-state index in [1.54, 1.807) is 36.4 Å². The summed E-state index contributed by atoms with van der Waals surface area (Å²) in [5.74, 6) is -0.511. The molecule has 23 heavy (non-hydrogen) atoms. The van der Waals surface area contributed by atoms with Crippen LogP contribution in [0.1, 0.15) is 5.56 Å². The van der Waals surface area contributed by atoms with Crippen molar-refractivity contribution in [1.29, 1.82) is 0 Å². The summed E-state index contributed by atoms with van der Waals surface area (Å²) in [7, 11) is 0. The van der Waals surface area contributed by atoms with Gasteiger partial charge in [0.2, 0.25) is 0 Å². The SMILES string of the molecule is O=C(Cn1c(=O)cnc2ccccc21)OCc1ccccc1Cl. The first-order chi connectivity index (χ1) is 11.1. The van der Waals surface area contributed by atoms with Gasteiger partial charge in [0.15, 0.2) is 0 Å². The van der Waals surface area contributed by atoms with Crippen molar-refractivity contribution in [2.75, 3.05) is 0 Å². The molecule has 0 saturated carbocycles. The van der Waals surface area contributed by atoms with Crippen LogP contribution in [0, 0.1) is 0 Å². The summed E-state index contributed by atoms with van der Waals surface area (Å²) < 4.78 is 6.56. The first kappa shape index (κ1) is 15.2. The minimum Gasteiger partial charge on any atom is -0.459 e. The standard InChI is InChI=1S/C17H13ClN2O3/c18-13-6-2-1-5-12(13)11-23-17(22)10-20-15-8-4-3-7-14(15)19-9-16(20)21/h1-9H,10-11H2. The van der Waals surface area contributed by atoms with E-state index in [1.165, 1.54) is 10.8 Å². The Morgan fingerprint density at radius 1 is 1.13 bits per heavy atom. The molecule has 0 bridgehead atoms. The summed E-state index contributed by atoms with van der Waals surface area (Å²) in [6.07, 6.45) is 1.20. The van der Waals surface area contributed by atoms with E-state index in [9.17, 15) is 9.59 Å². The lowest BCUT2D eigenvalue weighted by atomic mass is 10.2. The van der Waals surface area contributed by atoms with Crippen LogP contribution in [0.25, 0.3) is 11.0 Å². The molecule has 6 heteroatoms. The number of fused-ring (bicyclic) bond motifs is 1. The van der Waals surface area contributed by atoms with Gasteiger partial charge in [0, 0.05) is 10.6 Å². The maximum atomic E-state index is 12.0. The third-order valence-corrected chi connectivity index (χ3v) is 3.76. The van der Waals surface area contributed by atoms with Crippen molar-refractivity contribution < 1.29 is 9.53 Å². The molecule has 0 aliphatic carbocycles. The Labute approximate surface area is 137 Å². The van der Waals surface area contributed by atoms with Crippen molar-refractivity contribution >= 4 is 28.6 Å². The molecular weight excluding hydrogens is 316 g/mol. The minimum atomic E-state index is -0.511. The van der Waals surface area contributed by atoms with Crippen molar-refractivity contribution in [2.45, 2.75) is 13.2 Å². The highest BCUT2D eigenvalue weighted by Crippen LogP contribution is 2.16. The highest BCUT2D eigenvalue weighted by atomic mass is 35.5. The van der Waals surface area contributed by atoms with E-state index in [0.29, 0.717) is 16.1 Å². The molecule has 0 aliphatic rings. The van der Waals surface area contributed by atoms with Crippen LogP contribution in [-0.2, 0) is 22.7 Å². The second kappa shape index (κ2) is 6.62. The molecule has 2 aromatic carbocycles. The van der Waals surface area contributed by atoms with E-state index in [0.717, 1.165) is 5.56 Å². The molecule has 0 unspecified atom stereocenters. The fourth-order valence-electron chi connectivity index (χ4n) is 2.23. The summed E-state index contributed by atoms with van der Waals surface area (Å²) in [4.78, 5) is 28.1. The number of esters is 1. The van der Waals surface area contributed by atoms with E-state index in [-0.39, 0.29) is 18.7 Å². The van der Waals surface area contributed by atoms with E-state index in [2.05, 4.69) is 4.98 Å². The van der Waals surface area contributed by atoms with Crippen LogP contribution in [0.5, 0.6) is 0 Å².